The van der Waals surface area contributed by atoms with Gasteiger partial charge in [-0.3, -0.25) is 9.59 Å². The zero-order valence-electron chi connectivity index (χ0n) is 21.4. The summed E-state index contributed by atoms with van der Waals surface area (Å²) in [7, 11) is 0. The quantitative estimate of drug-likeness (QED) is 0.167. The lowest BCUT2D eigenvalue weighted by atomic mass is 10.0. The lowest BCUT2D eigenvalue weighted by Gasteiger charge is -2.21. The van der Waals surface area contributed by atoms with Gasteiger partial charge in [0.2, 0.25) is 5.91 Å². The third kappa shape index (κ3) is 8.39. The van der Waals surface area contributed by atoms with Crippen molar-refractivity contribution in [1.29, 1.82) is 0 Å². The molecule has 0 aliphatic heterocycles. The predicted octanol–water partition coefficient (Wildman–Crippen LogP) is 7.69. The van der Waals surface area contributed by atoms with Crippen molar-refractivity contribution < 1.29 is 22.8 Å². The van der Waals surface area contributed by atoms with E-state index < -0.39 is 29.6 Å². The van der Waals surface area contributed by atoms with Gasteiger partial charge in [-0.25, -0.2) is 0 Å². The first-order valence-electron chi connectivity index (χ1n) is 11.9. The molecule has 2 N–H and O–H groups in total. The molecular weight excluding hydrogens is 610 g/mol. The van der Waals surface area contributed by atoms with Gasteiger partial charge in [-0.05, 0) is 48.7 Å². The molecule has 3 rings (SSSR count). The summed E-state index contributed by atoms with van der Waals surface area (Å²) >= 11 is 19.2. The summed E-state index contributed by atoms with van der Waals surface area (Å²) in [6.45, 7) is 8.02. The fraction of sp³-hybridized carbons (Fsp3) is 0.308. The number of carbonyl (C=O) groups is 2. The van der Waals surface area contributed by atoms with E-state index in [-0.39, 0.29) is 39.5 Å². The highest BCUT2D eigenvalue weighted by Gasteiger charge is 2.31. The molecule has 0 aliphatic rings. The summed E-state index contributed by atoms with van der Waals surface area (Å²) in [5.41, 5.74) is -0.849. The summed E-state index contributed by atoms with van der Waals surface area (Å²) in [6, 6.07) is 6.68. The van der Waals surface area contributed by atoms with Crippen molar-refractivity contribution in [3.8, 4) is 0 Å². The number of aromatic nitrogens is 3. The fourth-order valence-corrected chi connectivity index (χ4v) is 5.10. The van der Waals surface area contributed by atoms with E-state index in [2.05, 4.69) is 27.4 Å². The maximum atomic E-state index is 13.1. The number of amides is 2. The second kappa shape index (κ2) is 13.8. The zero-order valence-corrected chi connectivity index (χ0v) is 24.4. The molecule has 2 amide bonds. The molecule has 7 nitrogen and oxygen atoms in total. The van der Waals surface area contributed by atoms with E-state index in [1.807, 2.05) is 13.8 Å². The van der Waals surface area contributed by atoms with Crippen molar-refractivity contribution >= 4 is 64.1 Å². The maximum absolute atomic E-state index is 13.1. The SMILES string of the molecule is C=CCn1c(SCC(=O)Nc2cc(C(F)(F)F)ccc2Cl)nnc1[C@@H](CC(C)C)NC(=O)c1ccc(Cl)cc1Cl. The van der Waals surface area contributed by atoms with Crippen LogP contribution in [0.3, 0.4) is 0 Å². The van der Waals surface area contributed by atoms with Gasteiger partial charge in [-0.2, -0.15) is 13.2 Å². The van der Waals surface area contributed by atoms with Gasteiger partial charge in [-0.15, -0.1) is 16.8 Å². The monoisotopic (exact) mass is 633 g/mol. The smallest absolute Gasteiger partial charge is 0.342 e. The van der Waals surface area contributed by atoms with Crippen LogP contribution in [0.1, 0.15) is 48.1 Å². The molecule has 0 aliphatic carbocycles. The van der Waals surface area contributed by atoms with Gasteiger partial charge in [0.25, 0.3) is 5.91 Å². The summed E-state index contributed by atoms with van der Waals surface area (Å²) in [5.74, 6) is -0.601. The van der Waals surface area contributed by atoms with Crippen molar-refractivity contribution in [1.82, 2.24) is 20.1 Å². The molecule has 214 valence electrons. The topological polar surface area (TPSA) is 88.9 Å². The predicted molar refractivity (Wildman–Crippen MR) is 152 cm³/mol. The van der Waals surface area contributed by atoms with Crippen LogP contribution in [0.4, 0.5) is 18.9 Å². The fourth-order valence-electron chi connectivity index (χ4n) is 3.69. The molecule has 0 saturated heterocycles. The summed E-state index contributed by atoms with van der Waals surface area (Å²) in [4.78, 5) is 25.6. The molecular formula is C26H25Cl3F3N5O2S. The number of nitrogens with one attached hydrogen (secondary N) is 2. The highest BCUT2D eigenvalue weighted by molar-refractivity contribution is 7.99. The van der Waals surface area contributed by atoms with Crippen molar-refractivity contribution in [2.24, 2.45) is 5.92 Å². The Labute approximate surface area is 248 Å². The number of benzene rings is 2. The maximum Gasteiger partial charge on any atom is 0.416 e. The third-order valence-corrected chi connectivity index (χ3v) is 7.30. The molecule has 0 bridgehead atoms. The van der Waals surface area contributed by atoms with E-state index in [0.29, 0.717) is 22.4 Å². The number of thioether (sulfide) groups is 1. The summed E-state index contributed by atoms with van der Waals surface area (Å²) in [6.07, 6.45) is -2.45. The number of alkyl halides is 3. The summed E-state index contributed by atoms with van der Waals surface area (Å²) in [5, 5.41) is 14.8. The lowest BCUT2D eigenvalue weighted by Crippen LogP contribution is -2.32. The van der Waals surface area contributed by atoms with E-state index >= 15 is 0 Å². The van der Waals surface area contributed by atoms with Crippen LogP contribution in [-0.4, -0.2) is 32.3 Å². The second-order valence-electron chi connectivity index (χ2n) is 9.05. The Balaban J connectivity index is 1.79. The molecule has 1 aromatic heterocycles. The van der Waals surface area contributed by atoms with Crippen molar-refractivity contribution in [3.63, 3.8) is 0 Å². The van der Waals surface area contributed by atoms with Gasteiger partial charge in [0, 0.05) is 11.6 Å². The average Bonchev–Trinajstić information content (AvgIpc) is 3.25. The Morgan fingerprint density at radius 3 is 2.45 bits per heavy atom. The molecule has 14 heteroatoms. The van der Waals surface area contributed by atoms with Crippen molar-refractivity contribution in [2.75, 3.05) is 11.1 Å². The number of halogens is 6. The standard InChI is InChI=1S/C26H25Cl3F3N5O2S/c1-4-9-37-23(21(10-14(2)3)34-24(39)17-7-6-16(27)12-19(17)29)35-36-25(37)40-13-22(38)33-20-11-15(26(30,31)32)5-8-18(20)28/h4-8,11-12,14,21H,1,9-10,13H2,2-3H3,(H,33,38)(H,34,39)/t21-/m1/s1. The first-order chi connectivity index (χ1) is 18.8. The van der Waals surface area contributed by atoms with Crippen molar-refractivity contribution in [2.45, 2.75) is 44.2 Å². The number of hydrogen-bond acceptors (Lipinski definition) is 5. The molecule has 0 spiro atoms. The molecule has 2 aromatic carbocycles. The van der Waals surface area contributed by atoms with Crippen LogP contribution in [0.15, 0.2) is 54.2 Å². The van der Waals surface area contributed by atoms with E-state index in [1.165, 1.54) is 12.1 Å². The van der Waals surface area contributed by atoms with Crippen LogP contribution in [0, 0.1) is 5.92 Å². The molecule has 1 atom stereocenters. The number of rotatable bonds is 11. The molecule has 1 heterocycles. The molecule has 40 heavy (non-hydrogen) atoms. The number of carbonyl (C=O) groups excluding carboxylic acids is 2. The first kappa shape index (κ1) is 31.8. The molecule has 3 aromatic rings. The molecule has 0 unspecified atom stereocenters. The highest BCUT2D eigenvalue weighted by atomic mass is 35.5. The Hall–Kier alpha value is -2.73. The van der Waals surface area contributed by atoms with E-state index in [0.717, 1.165) is 30.0 Å². The highest BCUT2D eigenvalue weighted by Crippen LogP contribution is 2.34. The average molecular weight is 635 g/mol. The normalized spacial score (nSPS) is 12.3. The Morgan fingerprint density at radius 1 is 1.10 bits per heavy atom. The number of nitrogens with zero attached hydrogens (tertiary/aromatic N) is 3. The number of anilines is 1. The third-order valence-electron chi connectivity index (χ3n) is 5.46. The van der Waals surface area contributed by atoms with E-state index in [1.54, 1.807) is 16.7 Å². The molecule has 0 fully saturated rings. The van der Waals surface area contributed by atoms with E-state index in [4.69, 9.17) is 34.8 Å². The minimum Gasteiger partial charge on any atom is -0.342 e. The minimum absolute atomic E-state index is 0.0310. The number of hydrogen-bond donors (Lipinski definition) is 2. The van der Waals surface area contributed by atoms with Crippen molar-refractivity contribution in [3.05, 3.63) is 81.1 Å². The largest absolute Gasteiger partial charge is 0.416 e. The van der Waals surface area contributed by atoms with Gasteiger partial charge < -0.3 is 15.2 Å². The van der Waals surface area contributed by atoms with Crippen LogP contribution in [-0.2, 0) is 17.5 Å². The minimum atomic E-state index is -4.59. The van der Waals surface area contributed by atoms with Crippen LogP contribution >= 0.6 is 46.6 Å². The first-order valence-corrected chi connectivity index (χ1v) is 14.0. The molecule has 0 saturated carbocycles. The summed E-state index contributed by atoms with van der Waals surface area (Å²) < 4.78 is 40.9. The van der Waals surface area contributed by atoms with Crippen LogP contribution in [0.5, 0.6) is 0 Å². The lowest BCUT2D eigenvalue weighted by molar-refractivity contribution is -0.137. The molecule has 0 radical (unpaired) electrons. The van der Waals surface area contributed by atoms with Crippen LogP contribution < -0.4 is 10.6 Å². The Kier molecular flexibility index (Phi) is 10.9. The zero-order chi connectivity index (χ0) is 29.6. The Morgan fingerprint density at radius 2 is 1.82 bits per heavy atom. The van der Waals surface area contributed by atoms with Gasteiger partial charge in [0.05, 0.1) is 38.7 Å². The van der Waals surface area contributed by atoms with Gasteiger partial charge >= 0.3 is 6.18 Å². The van der Waals surface area contributed by atoms with Crippen LogP contribution in [0.25, 0.3) is 0 Å². The second-order valence-corrected chi connectivity index (χ2v) is 11.2. The number of allylic oxidation sites excluding steroid dienone is 1. The van der Waals surface area contributed by atoms with Gasteiger partial charge in [0.15, 0.2) is 11.0 Å². The van der Waals surface area contributed by atoms with Gasteiger partial charge in [-0.1, -0.05) is 66.5 Å². The Bertz CT molecular complexity index is 1400. The van der Waals surface area contributed by atoms with Gasteiger partial charge in [0.1, 0.15) is 0 Å². The van der Waals surface area contributed by atoms with E-state index in [9.17, 15) is 22.8 Å². The van der Waals surface area contributed by atoms with Crippen LogP contribution in [0.2, 0.25) is 15.1 Å².